The molecule has 0 spiro atoms. The van der Waals surface area contributed by atoms with E-state index >= 15 is 0 Å². The predicted molar refractivity (Wildman–Crippen MR) is 67.5 cm³/mol. The summed E-state index contributed by atoms with van der Waals surface area (Å²) in [6.45, 7) is 0. The van der Waals surface area contributed by atoms with Crippen LogP contribution in [0, 0.1) is 0 Å². The number of carbonyl (C=O) groups is 1. The molecule has 0 unspecified atom stereocenters. The number of amides is 1. The number of unbranched alkanes of at least 4 members (excludes halogenated alkanes) is 1. The molecule has 0 fully saturated rings. The SMILES string of the molecule is COc1cccc(CCCCC(=O)N(C)N)c1. The van der Waals surface area contributed by atoms with E-state index < -0.39 is 0 Å². The monoisotopic (exact) mass is 236 g/mol. The van der Waals surface area contributed by atoms with Crippen molar-refractivity contribution in [1.29, 1.82) is 0 Å². The molecule has 0 atom stereocenters. The van der Waals surface area contributed by atoms with Crippen molar-refractivity contribution in [3.63, 3.8) is 0 Å². The normalized spacial score (nSPS) is 10.1. The van der Waals surface area contributed by atoms with Crippen molar-refractivity contribution in [2.45, 2.75) is 25.7 Å². The molecule has 1 aromatic carbocycles. The Morgan fingerprint density at radius 2 is 2.18 bits per heavy atom. The summed E-state index contributed by atoms with van der Waals surface area (Å²) >= 11 is 0. The van der Waals surface area contributed by atoms with Crippen LogP contribution in [0.15, 0.2) is 24.3 Å². The summed E-state index contributed by atoms with van der Waals surface area (Å²) in [7, 11) is 3.24. The maximum Gasteiger partial charge on any atom is 0.236 e. The van der Waals surface area contributed by atoms with E-state index in [4.69, 9.17) is 10.6 Å². The highest BCUT2D eigenvalue weighted by Gasteiger charge is 2.03. The number of nitrogens with two attached hydrogens (primary N) is 1. The number of aryl methyl sites for hydroxylation is 1. The number of benzene rings is 1. The minimum absolute atomic E-state index is 0.0179. The van der Waals surface area contributed by atoms with Gasteiger partial charge in [-0.1, -0.05) is 12.1 Å². The van der Waals surface area contributed by atoms with Gasteiger partial charge in [-0.15, -0.1) is 0 Å². The van der Waals surface area contributed by atoms with E-state index in [-0.39, 0.29) is 5.91 Å². The fourth-order valence-corrected chi connectivity index (χ4v) is 1.61. The van der Waals surface area contributed by atoms with Crippen LogP contribution in [0.4, 0.5) is 0 Å². The Kier molecular flexibility index (Phi) is 5.49. The minimum atomic E-state index is -0.0179. The maximum absolute atomic E-state index is 11.2. The molecule has 17 heavy (non-hydrogen) atoms. The molecule has 1 aromatic rings. The molecule has 0 bridgehead atoms. The first-order valence-electron chi connectivity index (χ1n) is 5.77. The predicted octanol–water partition coefficient (Wildman–Crippen LogP) is 1.74. The highest BCUT2D eigenvalue weighted by Crippen LogP contribution is 2.14. The van der Waals surface area contributed by atoms with Crippen molar-refractivity contribution in [1.82, 2.24) is 5.01 Å². The zero-order chi connectivity index (χ0) is 12.7. The molecule has 0 saturated heterocycles. The molecule has 4 nitrogen and oxygen atoms in total. The highest BCUT2D eigenvalue weighted by atomic mass is 16.5. The van der Waals surface area contributed by atoms with E-state index in [9.17, 15) is 4.79 Å². The molecule has 0 aliphatic heterocycles. The van der Waals surface area contributed by atoms with Gasteiger partial charge in [0.15, 0.2) is 0 Å². The lowest BCUT2D eigenvalue weighted by molar-refractivity contribution is -0.130. The number of rotatable bonds is 6. The van der Waals surface area contributed by atoms with Crippen LogP contribution < -0.4 is 10.6 Å². The quantitative estimate of drug-likeness (QED) is 0.354. The molecule has 1 rings (SSSR count). The molecular formula is C13H20N2O2. The average Bonchev–Trinajstić information content (AvgIpc) is 2.34. The summed E-state index contributed by atoms with van der Waals surface area (Å²) in [4.78, 5) is 11.2. The van der Waals surface area contributed by atoms with Crippen LogP contribution in [-0.2, 0) is 11.2 Å². The van der Waals surface area contributed by atoms with Crippen molar-refractivity contribution in [3.05, 3.63) is 29.8 Å². The van der Waals surface area contributed by atoms with Crippen LogP contribution in [0.2, 0.25) is 0 Å². The Hall–Kier alpha value is -1.55. The smallest absolute Gasteiger partial charge is 0.236 e. The Morgan fingerprint density at radius 1 is 1.41 bits per heavy atom. The number of nitrogens with zero attached hydrogens (tertiary/aromatic N) is 1. The van der Waals surface area contributed by atoms with E-state index in [1.165, 1.54) is 5.56 Å². The van der Waals surface area contributed by atoms with Gasteiger partial charge in [-0.05, 0) is 37.0 Å². The first-order chi connectivity index (χ1) is 8.13. The standard InChI is InChI=1S/C13H20N2O2/c1-15(14)13(16)9-4-3-6-11-7-5-8-12(10-11)17-2/h5,7-8,10H,3-4,6,9,14H2,1-2H3. The van der Waals surface area contributed by atoms with Gasteiger partial charge >= 0.3 is 0 Å². The van der Waals surface area contributed by atoms with Crippen molar-refractivity contribution in [3.8, 4) is 5.75 Å². The van der Waals surface area contributed by atoms with Crippen molar-refractivity contribution in [2.75, 3.05) is 14.2 Å². The zero-order valence-electron chi connectivity index (χ0n) is 10.5. The minimum Gasteiger partial charge on any atom is -0.497 e. The molecule has 0 saturated carbocycles. The van der Waals surface area contributed by atoms with Crippen LogP contribution in [0.5, 0.6) is 5.75 Å². The number of hydrogen-bond acceptors (Lipinski definition) is 3. The Morgan fingerprint density at radius 3 is 2.82 bits per heavy atom. The summed E-state index contributed by atoms with van der Waals surface area (Å²) in [5, 5.41) is 1.14. The summed E-state index contributed by atoms with van der Waals surface area (Å²) in [6, 6.07) is 8.00. The third-order valence-electron chi connectivity index (χ3n) is 2.63. The molecule has 2 N–H and O–H groups in total. The maximum atomic E-state index is 11.2. The Bertz CT molecular complexity index is 364. The van der Waals surface area contributed by atoms with Gasteiger partial charge < -0.3 is 4.74 Å². The molecule has 94 valence electrons. The van der Waals surface area contributed by atoms with E-state index in [2.05, 4.69) is 6.07 Å². The third-order valence-corrected chi connectivity index (χ3v) is 2.63. The second-order valence-corrected chi connectivity index (χ2v) is 4.06. The first kappa shape index (κ1) is 13.5. The molecular weight excluding hydrogens is 216 g/mol. The molecule has 0 radical (unpaired) electrons. The summed E-state index contributed by atoms with van der Waals surface area (Å²) in [6.07, 6.45) is 3.31. The van der Waals surface area contributed by atoms with Crippen LogP contribution in [0.25, 0.3) is 0 Å². The highest BCUT2D eigenvalue weighted by molar-refractivity contribution is 5.75. The van der Waals surface area contributed by atoms with Gasteiger partial charge in [-0.2, -0.15) is 0 Å². The van der Waals surface area contributed by atoms with E-state index in [1.54, 1.807) is 14.2 Å². The van der Waals surface area contributed by atoms with E-state index in [0.717, 1.165) is 30.0 Å². The number of hydrazine groups is 1. The molecule has 4 heteroatoms. The van der Waals surface area contributed by atoms with Gasteiger partial charge in [-0.25, -0.2) is 5.84 Å². The van der Waals surface area contributed by atoms with Crippen LogP contribution >= 0.6 is 0 Å². The number of ether oxygens (including phenoxy) is 1. The van der Waals surface area contributed by atoms with E-state index in [0.29, 0.717) is 6.42 Å². The second kappa shape index (κ2) is 6.91. The van der Waals surface area contributed by atoms with Crippen LogP contribution in [-0.4, -0.2) is 25.1 Å². The van der Waals surface area contributed by atoms with Gasteiger partial charge in [0.2, 0.25) is 5.91 Å². The lowest BCUT2D eigenvalue weighted by Gasteiger charge is -2.09. The van der Waals surface area contributed by atoms with Crippen LogP contribution in [0.3, 0.4) is 0 Å². The van der Waals surface area contributed by atoms with Gasteiger partial charge in [0.05, 0.1) is 7.11 Å². The van der Waals surface area contributed by atoms with E-state index in [1.807, 2.05) is 18.2 Å². The molecule has 0 aliphatic rings. The molecule has 0 aromatic heterocycles. The van der Waals surface area contributed by atoms with Gasteiger partial charge in [-0.3, -0.25) is 9.80 Å². The lowest BCUT2D eigenvalue weighted by Crippen LogP contribution is -2.32. The molecule has 1 amide bonds. The number of methoxy groups -OCH3 is 1. The first-order valence-corrected chi connectivity index (χ1v) is 5.77. The molecule has 0 heterocycles. The second-order valence-electron chi connectivity index (χ2n) is 4.06. The third kappa shape index (κ3) is 4.87. The molecule has 0 aliphatic carbocycles. The number of carbonyl (C=O) groups excluding carboxylic acids is 1. The largest absolute Gasteiger partial charge is 0.497 e. The van der Waals surface area contributed by atoms with Crippen molar-refractivity contribution < 1.29 is 9.53 Å². The van der Waals surface area contributed by atoms with Crippen LogP contribution in [0.1, 0.15) is 24.8 Å². The van der Waals surface area contributed by atoms with Gasteiger partial charge in [0.1, 0.15) is 5.75 Å². The lowest BCUT2D eigenvalue weighted by atomic mass is 10.1. The number of hydrogen-bond donors (Lipinski definition) is 1. The average molecular weight is 236 g/mol. The van der Waals surface area contributed by atoms with Gasteiger partial charge in [0.25, 0.3) is 0 Å². The zero-order valence-corrected chi connectivity index (χ0v) is 10.5. The van der Waals surface area contributed by atoms with Crippen molar-refractivity contribution >= 4 is 5.91 Å². The summed E-state index contributed by atoms with van der Waals surface area (Å²) in [5.41, 5.74) is 1.23. The van der Waals surface area contributed by atoms with Crippen molar-refractivity contribution in [2.24, 2.45) is 5.84 Å². The fraction of sp³-hybridized carbons (Fsp3) is 0.462. The topological polar surface area (TPSA) is 55.6 Å². The Balaban J connectivity index is 2.28. The summed E-state index contributed by atoms with van der Waals surface area (Å²) in [5.74, 6) is 6.19. The Labute approximate surface area is 102 Å². The summed E-state index contributed by atoms with van der Waals surface area (Å²) < 4.78 is 5.15. The fourth-order valence-electron chi connectivity index (χ4n) is 1.61. The van der Waals surface area contributed by atoms with Gasteiger partial charge in [0, 0.05) is 13.5 Å².